The fourth-order valence-electron chi connectivity index (χ4n) is 1.44. The fraction of sp³-hybridized carbons (Fsp3) is 0.538. The normalized spacial score (nSPS) is 12.6. The first-order chi connectivity index (χ1) is 7.86. The van der Waals surface area contributed by atoms with E-state index in [4.69, 9.17) is 0 Å². The SMILES string of the molecule is CCCNC(CO)CCSc1ccccc1. The fourth-order valence-corrected chi connectivity index (χ4v) is 2.43. The Balaban J connectivity index is 2.18. The van der Waals surface area contributed by atoms with Crippen molar-refractivity contribution in [2.75, 3.05) is 18.9 Å². The van der Waals surface area contributed by atoms with Crippen LogP contribution in [0.1, 0.15) is 19.8 Å². The monoisotopic (exact) mass is 239 g/mol. The van der Waals surface area contributed by atoms with Crippen molar-refractivity contribution < 1.29 is 5.11 Å². The number of hydrogen-bond acceptors (Lipinski definition) is 3. The third-order valence-electron chi connectivity index (χ3n) is 2.38. The molecule has 2 nitrogen and oxygen atoms in total. The van der Waals surface area contributed by atoms with Crippen molar-refractivity contribution in [2.45, 2.75) is 30.7 Å². The highest BCUT2D eigenvalue weighted by molar-refractivity contribution is 7.99. The van der Waals surface area contributed by atoms with E-state index in [1.807, 2.05) is 17.8 Å². The lowest BCUT2D eigenvalue weighted by Gasteiger charge is -2.15. The van der Waals surface area contributed by atoms with Gasteiger partial charge in [0.05, 0.1) is 6.61 Å². The summed E-state index contributed by atoms with van der Waals surface area (Å²) < 4.78 is 0. The van der Waals surface area contributed by atoms with E-state index < -0.39 is 0 Å². The number of rotatable bonds is 8. The Bertz CT molecular complexity index is 266. The number of aliphatic hydroxyl groups is 1. The van der Waals surface area contributed by atoms with Gasteiger partial charge in [0, 0.05) is 10.9 Å². The summed E-state index contributed by atoms with van der Waals surface area (Å²) >= 11 is 1.85. The molecule has 1 aromatic carbocycles. The van der Waals surface area contributed by atoms with Crippen LogP contribution in [-0.4, -0.2) is 30.1 Å². The zero-order valence-corrected chi connectivity index (χ0v) is 10.7. The highest BCUT2D eigenvalue weighted by Crippen LogP contribution is 2.18. The van der Waals surface area contributed by atoms with Crippen molar-refractivity contribution in [1.29, 1.82) is 0 Å². The van der Waals surface area contributed by atoms with Crippen molar-refractivity contribution in [3.63, 3.8) is 0 Å². The minimum atomic E-state index is 0.231. The molecule has 1 rings (SSSR count). The summed E-state index contributed by atoms with van der Waals surface area (Å²) in [6.07, 6.45) is 2.12. The van der Waals surface area contributed by atoms with Gasteiger partial charge in [0.15, 0.2) is 0 Å². The summed E-state index contributed by atoms with van der Waals surface area (Å²) in [6.45, 7) is 3.36. The zero-order valence-electron chi connectivity index (χ0n) is 9.86. The van der Waals surface area contributed by atoms with E-state index in [1.165, 1.54) is 4.90 Å². The molecular weight excluding hydrogens is 218 g/mol. The molecule has 3 heteroatoms. The lowest BCUT2D eigenvalue weighted by Crippen LogP contribution is -2.33. The number of hydrogen-bond donors (Lipinski definition) is 2. The topological polar surface area (TPSA) is 32.3 Å². The van der Waals surface area contributed by atoms with Gasteiger partial charge in [0.2, 0.25) is 0 Å². The largest absolute Gasteiger partial charge is 0.395 e. The minimum absolute atomic E-state index is 0.231. The molecule has 1 unspecified atom stereocenters. The number of benzene rings is 1. The lowest BCUT2D eigenvalue weighted by atomic mass is 10.2. The van der Waals surface area contributed by atoms with Crippen LogP contribution in [0.5, 0.6) is 0 Å². The molecule has 0 aliphatic carbocycles. The summed E-state index contributed by atoms with van der Waals surface area (Å²) in [6, 6.07) is 10.6. The molecule has 0 saturated heterocycles. The molecule has 0 fully saturated rings. The van der Waals surface area contributed by atoms with Crippen molar-refractivity contribution in [3.8, 4) is 0 Å². The maximum Gasteiger partial charge on any atom is 0.0584 e. The summed E-state index contributed by atoms with van der Waals surface area (Å²) in [4.78, 5) is 1.30. The lowest BCUT2D eigenvalue weighted by molar-refractivity contribution is 0.240. The quantitative estimate of drug-likeness (QED) is 0.684. The van der Waals surface area contributed by atoms with E-state index in [0.29, 0.717) is 0 Å². The zero-order chi connectivity index (χ0) is 11.6. The van der Waals surface area contributed by atoms with Crippen molar-refractivity contribution in [3.05, 3.63) is 30.3 Å². The maximum absolute atomic E-state index is 9.18. The van der Waals surface area contributed by atoms with Crippen LogP contribution in [0, 0.1) is 0 Å². The Labute approximate surface area is 102 Å². The van der Waals surface area contributed by atoms with E-state index in [0.717, 1.165) is 25.1 Å². The second kappa shape index (κ2) is 8.62. The number of aliphatic hydroxyl groups excluding tert-OH is 1. The van der Waals surface area contributed by atoms with Gasteiger partial charge in [-0.2, -0.15) is 0 Å². The van der Waals surface area contributed by atoms with Gasteiger partial charge in [-0.05, 0) is 37.3 Å². The molecule has 16 heavy (non-hydrogen) atoms. The second-order valence-corrected chi connectivity index (χ2v) is 4.95. The average molecular weight is 239 g/mol. The van der Waals surface area contributed by atoms with E-state index >= 15 is 0 Å². The van der Waals surface area contributed by atoms with Gasteiger partial charge < -0.3 is 10.4 Å². The van der Waals surface area contributed by atoms with E-state index in [2.05, 4.69) is 36.5 Å². The van der Waals surface area contributed by atoms with Gasteiger partial charge in [-0.1, -0.05) is 25.1 Å². The first-order valence-electron chi connectivity index (χ1n) is 5.89. The molecule has 2 N–H and O–H groups in total. The van der Waals surface area contributed by atoms with Crippen LogP contribution in [0.4, 0.5) is 0 Å². The molecule has 0 radical (unpaired) electrons. The van der Waals surface area contributed by atoms with Crippen LogP contribution < -0.4 is 5.32 Å². The molecule has 0 aliphatic rings. The number of nitrogens with one attached hydrogen (secondary N) is 1. The third kappa shape index (κ3) is 5.54. The molecule has 0 saturated carbocycles. The standard InChI is InChI=1S/C13H21NOS/c1-2-9-14-12(11-15)8-10-16-13-6-4-3-5-7-13/h3-7,12,14-15H,2,8-11H2,1H3. The summed E-state index contributed by atoms with van der Waals surface area (Å²) in [5.74, 6) is 1.05. The van der Waals surface area contributed by atoms with Gasteiger partial charge in [0.25, 0.3) is 0 Å². The molecule has 0 aliphatic heterocycles. The summed E-state index contributed by atoms with van der Waals surface area (Å²) in [5.41, 5.74) is 0. The second-order valence-electron chi connectivity index (χ2n) is 3.78. The van der Waals surface area contributed by atoms with Gasteiger partial charge in [-0.3, -0.25) is 0 Å². The van der Waals surface area contributed by atoms with Crippen LogP contribution in [-0.2, 0) is 0 Å². The highest BCUT2D eigenvalue weighted by Gasteiger charge is 2.05. The summed E-state index contributed by atoms with van der Waals surface area (Å²) in [7, 11) is 0. The molecule has 1 aromatic rings. The van der Waals surface area contributed by atoms with Crippen molar-refractivity contribution in [2.24, 2.45) is 0 Å². The first kappa shape index (κ1) is 13.6. The van der Waals surface area contributed by atoms with Crippen LogP contribution in [0.2, 0.25) is 0 Å². The maximum atomic E-state index is 9.18. The minimum Gasteiger partial charge on any atom is -0.395 e. The molecule has 0 aromatic heterocycles. The van der Waals surface area contributed by atoms with E-state index in [-0.39, 0.29) is 12.6 Å². The molecule has 90 valence electrons. The van der Waals surface area contributed by atoms with E-state index in [1.54, 1.807) is 0 Å². The van der Waals surface area contributed by atoms with Gasteiger partial charge in [-0.15, -0.1) is 11.8 Å². The summed E-state index contributed by atoms with van der Waals surface area (Å²) in [5, 5.41) is 12.5. The Kier molecular flexibility index (Phi) is 7.30. The molecular formula is C13H21NOS. The molecule has 0 heterocycles. The van der Waals surface area contributed by atoms with Crippen LogP contribution in [0.3, 0.4) is 0 Å². The predicted octanol–water partition coefficient (Wildman–Crippen LogP) is 2.53. The highest BCUT2D eigenvalue weighted by atomic mass is 32.2. The first-order valence-corrected chi connectivity index (χ1v) is 6.87. The van der Waals surface area contributed by atoms with Gasteiger partial charge in [-0.25, -0.2) is 0 Å². The Morgan fingerprint density at radius 1 is 1.31 bits per heavy atom. The Hall–Kier alpha value is -0.510. The van der Waals surface area contributed by atoms with Crippen molar-refractivity contribution >= 4 is 11.8 Å². The predicted molar refractivity (Wildman–Crippen MR) is 71.0 cm³/mol. The smallest absolute Gasteiger partial charge is 0.0584 e. The Morgan fingerprint density at radius 3 is 2.69 bits per heavy atom. The van der Waals surface area contributed by atoms with Crippen molar-refractivity contribution in [1.82, 2.24) is 5.32 Å². The molecule has 0 spiro atoms. The average Bonchev–Trinajstić information content (AvgIpc) is 2.35. The third-order valence-corrected chi connectivity index (χ3v) is 3.43. The van der Waals surface area contributed by atoms with E-state index in [9.17, 15) is 5.11 Å². The molecule has 0 amide bonds. The van der Waals surface area contributed by atoms with Crippen LogP contribution in [0.15, 0.2) is 35.2 Å². The van der Waals surface area contributed by atoms with Gasteiger partial charge >= 0.3 is 0 Å². The molecule has 1 atom stereocenters. The van der Waals surface area contributed by atoms with Crippen LogP contribution >= 0.6 is 11.8 Å². The molecule has 0 bridgehead atoms. The number of thioether (sulfide) groups is 1. The van der Waals surface area contributed by atoms with Gasteiger partial charge in [0.1, 0.15) is 0 Å². The Morgan fingerprint density at radius 2 is 2.06 bits per heavy atom. The van der Waals surface area contributed by atoms with Crippen LogP contribution in [0.25, 0.3) is 0 Å².